The van der Waals surface area contributed by atoms with Gasteiger partial charge < -0.3 is 20.4 Å². The number of nitrogens with one attached hydrogen (secondary N) is 3. The molecule has 2 aromatic heterocycles. The first-order valence-electron chi connectivity index (χ1n) is 11.5. The summed E-state index contributed by atoms with van der Waals surface area (Å²) in [5.41, 5.74) is 0.941. The van der Waals surface area contributed by atoms with Gasteiger partial charge in [-0.15, -0.1) is 22.7 Å². The summed E-state index contributed by atoms with van der Waals surface area (Å²) in [6.45, 7) is 1.64. The van der Waals surface area contributed by atoms with Crippen LogP contribution in [0.5, 0.6) is 0 Å². The molecule has 194 valence electrons. The zero-order valence-corrected chi connectivity index (χ0v) is 22.6. The van der Waals surface area contributed by atoms with Gasteiger partial charge in [-0.3, -0.25) is 24.5 Å². The van der Waals surface area contributed by atoms with Crippen molar-refractivity contribution < 1.29 is 19.2 Å². The Morgan fingerprint density at radius 1 is 1.11 bits per heavy atom. The van der Waals surface area contributed by atoms with Crippen molar-refractivity contribution in [1.82, 2.24) is 30.4 Å². The predicted octanol–water partition coefficient (Wildman–Crippen LogP) is 1.35. The van der Waals surface area contributed by atoms with Crippen LogP contribution in [0.2, 0.25) is 5.15 Å². The second kappa shape index (κ2) is 11.2. The second-order valence-electron chi connectivity index (χ2n) is 9.21. The van der Waals surface area contributed by atoms with Crippen molar-refractivity contribution in [2.75, 3.05) is 33.0 Å². The normalized spacial score (nSPS) is 21.8. The number of halogens is 1. The molecule has 3 N–H and O–H groups in total. The molecule has 0 unspecified atom stereocenters. The SMILES string of the molecule is CN1CCc2nc(C(=O)N[C@@H]3C[C@@H](C(=O)N(C)C)CC[C@@H]3NC(=O)C(=O)Nc3nc(Cl)cs3)sc2C1. The van der Waals surface area contributed by atoms with E-state index in [1.165, 1.54) is 21.6 Å². The third-order valence-corrected chi connectivity index (χ3v) is 8.45. The highest BCUT2D eigenvalue weighted by atomic mass is 35.5. The first kappa shape index (κ1) is 26.5. The molecule has 11 nitrogen and oxygen atoms in total. The number of carbonyl (C=O) groups excluding carboxylic acids is 4. The van der Waals surface area contributed by atoms with Crippen molar-refractivity contribution in [3.8, 4) is 0 Å². The van der Waals surface area contributed by atoms with E-state index in [0.29, 0.717) is 24.3 Å². The largest absolute Gasteiger partial charge is 0.349 e. The van der Waals surface area contributed by atoms with Gasteiger partial charge in [0.2, 0.25) is 5.91 Å². The quantitative estimate of drug-likeness (QED) is 0.475. The van der Waals surface area contributed by atoms with Gasteiger partial charge in [0.05, 0.1) is 11.7 Å². The van der Waals surface area contributed by atoms with Crippen molar-refractivity contribution in [3.63, 3.8) is 0 Å². The summed E-state index contributed by atoms with van der Waals surface area (Å²) in [5.74, 6) is -2.42. The third-order valence-electron chi connectivity index (χ3n) is 6.29. The van der Waals surface area contributed by atoms with E-state index in [1.807, 2.05) is 7.05 Å². The molecule has 2 aliphatic rings. The molecule has 0 aromatic carbocycles. The zero-order chi connectivity index (χ0) is 26.0. The summed E-state index contributed by atoms with van der Waals surface area (Å²) in [7, 11) is 5.41. The highest BCUT2D eigenvalue weighted by Gasteiger charge is 2.37. The summed E-state index contributed by atoms with van der Waals surface area (Å²) in [6, 6.07) is -1.08. The standard InChI is InChI=1S/C22H28ClN7O4S2/c1-29(2)21(34)11-4-5-12(24-17(31)18(32)28-22-27-16(23)10-35-22)14(8-11)25-19(33)20-26-13-6-7-30(3)9-15(13)36-20/h10-12,14H,4-9H2,1-3H3,(H,24,31)(H,25,33)(H,27,28,32)/t11-,12-,14+/m0/s1. The molecule has 36 heavy (non-hydrogen) atoms. The number of rotatable bonds is 5. The van der Waals surface area contributed by atoms with E-state index in [2.05, 4.69) is 30.8 Å². The Hall–Kier alpha value is -2.61. The zero-order valence-electron chi connectivity index (χ0n) is 20.2. The average Bonchev–Trinajstić information content (AvgIpc) is 3.44. The Morgan fingerprint density at radius 2 is 1.89 bits per heavy atom. The lowest BCUT2D eigenvalue weighted by molar-refractivity contribution is -0.137. The Bertz CT molecular complexity index is 1170. The maximum Gasteiger partial charge on any atom is 0.315 e. The number of nitrogens with zero attached hydrogens (tertiary/aromatic N) is 4. The van der Waals surface area contributed by atoms with E-state index < -0.39 is 23.9 Å². The van der Waals surface area contributed by atoms with E-state index >= 15 is 0 Å². The Labute approximate surface area is 221 Å². The number of likely N-dealkylation sites (N-methyl/N-ethyl adjacent to an activating group) is 1. The van der Waals surface area contributed by atoms with Gasteiger partial charge in [0, 0.05) is 55.8 Å². The maximum absolute atomic E-state index is 13.1. The van der Waals surface area contributed by atoms with Gasteiger partial charge in [0.1, 0.15) is 5.15 Å². The van der Waals surface area contributed by atoms with Crippen LogP contribution < -0.4 is 16.0 Å². The van der Waals surface area contributed by atoms with Gasteiger partial charge in [-0.25, -0.2) is 9.97 Å². The molecule has 1 aliphatic carbocycles. The molecule has 0 radical (unpaired) electrons. The van der Waals surface area contributed by atoms with E-state index in [-0.39, 0.29) is 28.0 Å². The molecule has 2 aromatic rings. The van der Waals surface area contributed by atoms with Gasteiger partial charge in [-0.05, 0) is 26.3 Å². The van der Waals surface area contributed by atoms with Crippen LogP contribution in [-0.2, 0) is 27.3 Å². The average molecular weight is 554 g/mol. The highest BCUT2D eigenvalue weighted by molar-refractivity contribution is 7.14. The molecule has 1 aliphatic heterocycles. The smallest absolute Gasteiger partial charge is 0.315 e. The number of fused-ring (bicyclic) bond motifs is 1. The summed E-state index contributed by atoms with van der Waals surface area (Å²) < 4.78 is 0. The van der Waals surface area contributed by atoms with Crippen LogP contribution in [0, 0.1) is 5.92 Å². The molecule has 0 bridgehead atoms. The number of amides is 4. The Balaban J connectivity index is 1.46. The molecule has 1 fully saturated rings. The van der Waals surface area contributed by atoms with Crippen LogP contribution in [0.1, 0.15) is 39.6 Å². The molecule has 3 heterocycles. The van der Waals surface area contributed by atoms with Crippen molar-refractivity contribution >= 4 is 63.0 Å². The van der Waals surface area contributed by atoms with Gasteiger partial charge in [-0.1, -0.05) is 11.6 Å². The van der Waals surface area contributed by atoms with E-state index in [4.69, 9.17) is 11.6 Å². The van der Waals surface area contributed by atoms with E-state index in [9.17, 15) is 19.2 Å². The lowest BCUT2D eigenvalue weighted by atomic mass is 9.81. The van der Waals surface area contributed by atoms with Gasteiger partial charge in [0.25, 0.3) is 5.91 Å². The molecular weight excluding hydrogens is 526 g/mol. The van der Waals surface area contributed by atoms with Crippen LogP contribution in [-0.4, -0.2) is 83.2 Å². The summed E-state index contributed by atoms with van der Waals surface area (Å²) in [4.78, 5) is 64.0. The molecule has 4 rings (SSSR count). The first-order valence-corrected chi connectivity index (χ1v) is 13.6. The topological polar surface area (TPSA) is 137 Å². The van der Waals surface area contributed by atoms with Crippen LogP contribution in [0.4, 0.5) is 5.13 Å². The Kier molecular flexibility index (Phi) is 8.23. The van der Waals surface area contributed by atoms with Crippen LogP contribution >= 0.6 is 34.3 Å². The van der Waals surface area contributed by atoms with Crippen molar-refractivity contribution in [3.05, 3.63) is 26.1 Å². The lowest BCUT2D eigenvalue weighted by Crippen LogP contribution is -2.57. The van der Waals surface area contributed by atoms with E-state index in [1.54, 1.807) is 14.1 Å². The van der Waals surface area contributed by atoms with Crippen LogP contribution in [0.25, 0.3) is 0 Å². The number of hydrogen-bond donors (Lipinski definition) is 3. The molecule has 0 spiro atoms. The molecule has 3 atom stereocenters. The lowest BCUT2D eigenvalue weighted by Gasteiger charge is -2.37. The predicted molar refractivity (Wildman–Crippen MR) is 137 cm³/mol. The van der Waals surface area contributed by atoms with Crippen LogP contribution in [0.3, 0.4) is 0 Å². The number of hydrogen-bond acceptors (Lipinski definition) is 9. The maximum atomic E-state index is 13.1. The van der Waals surface area contributed by atoms with Gasteiger partial charge in [-0.2, -0.15) is 0 Å². The van der Waals surface area contributed by atoms with Crippen LogP contribution in [0.15, 0.2) is 5.38 Å². The van der Waals surface area contributed by atoms with Crippen molar-refractivity contribution in [2.24, 2.45) is 5.92 Å². The molecule has 1 saturated carbocycles. The number of carbonyl (C=O) groups is 4. The first-order chi connectivity index (χ1) is 17.1. The molecule has 0 saturated heterocycles. The fourth-order valence-corrected chi connectivity index (χ4v) is 6.37. The second-order valence-corrected chi connectivity index (χ2v) is 11.5. The fraction of sp³-hybridized carbons (Fsp3) is 0.545. The van der Waals surface area contributed by atoms with Gasteiger partial charge >= 0.3 is 11.8 Å². The molecular formula is C22H28ClN7O4S2. The minimum absolute atomic E-state index is 0.0369. The minimum Gasteiger partial charge on any atom is -0.349 e. The summed E-state index contributed by atoms with van der Waals surface area (Å²) in [5, 5.41) is 10.5. The van der Waals surface area contributed by atoms with Gasteiger partial charge in [0.15, 0.2) is 10.1 Å². The fourth-order valence-electron chi connectivity index (χ4n) is 4.44. The van der Waals surface area contributed by atoms with Crippen molar-refractivity contribution in [2.45, 2.75) is 44.3 Å². The highest BCUT2D eigenvalue weighted by Crippen LogP contribution is 2.28. The van der Waals surface area contributed by atoms with E-state index in [0.717, 1.165) is 41.4 Å². The number of anilines is 1. The number of aromatic nitrogens is 2. The minimum atomic E-state index is -0.880. The summed E-state index contributed by atoms with van der Waals surface area (Å²) >= 11 is 8.23. The molecule has 14 heteroatoms. The monoisotopic (exact) mass is 553 g/mol. The number of thiazole rings is 2. The summed E-state index contributed by atoms with van der Waals surface area (Å²) in [6.07, 6.45) is 2.08. The molecule has 4 amide bonds. The Morgan fingerprint density at radius 3 is 2.58 bits per heavy atom. The van der Waals surface area contributed by atoms with Crippen molar-refractivity contribution in [1.29, 1.82) is 0 Å². The third kappa shape index (κ3) is 6.20.